The molecule has 0 aliphatic carbocycles. The first kappa shape index (κ1) is 32.5. The Kier molecular flexibility index (Phi) is 11.0. The fraction of sp³-hybridized carbons (Fsp3) is 0.278. The van der Waals surface area contributed by atoms with E-state index in [4.69, 9.17) is 0 Å². The normalized spacial score (nSPS) is 11.9. The number of aryl methyl sites for hydroxylation is 3. The van der Waals surface area contributed by atoms with Gasteiger partial charge in [0, 0.05) is 19.5 Å². The van der Waals surface area contributed by atoms with Gasteiger partial charge in [0.2, 0.25) is 11.8 Å². The summed E-state index contributed by atoms with van der Waals surface area (Å²) in [7, 11) is -4.13. The highest BCUT2D eigenvalue weighted by molar-refractivity contribution is 7.92. The minimum atomic E-state index is -4.13. The van der Waals surface area contributed by atoms with Crippen molar-refractivity contribution in [3.05, 3.63) is 131 Å². The van der Waals surface area contributed by atoms with Crippen molar-refractivity contribution >= 4 is 27.5 Å². The fourth-order valence-corrected chi connectivity index (χ4v) is 6.63. The molecule has 230 valence electrons. The lowest BCUT2D eigenvalue weighted by Gasteiger charge is -2.34. The minimum absolute atomic E-state index is 0.0828. The lowest BCUT2D eigenvalue weighted by atomic mass is 10.0. The molecule has 2 amide bonds. The maximum Gasteiger partial charge on any atom is 0.264 e. The topological polar surface area (TPSA) is 86.8 Å². The number of benzene rings is 4. The molecule has 8 heteroatoms. The molecule has 0 aliphatic rings. The molecule has 0 saturated carbocycles. The quantitative estimate of drug-likeness (QED) is 0.202. The van der Waals surface area contributed by atoms with Gasteiger partial charge in [-0.15, -0.1) is 0 Å². The second kappa shape index (κ2) is 14.8. The number of amides is 2. The van der Waals surface area contributed by atoms with E-state index in [9.17, 15) is 18.0 Å². The summed E-state index contributed by atoms with van der Waals surface area (Å²) in [6.07, 6.45) is 1.02. The smallest absolute Gasteiger partial charge is 0.264 e. The summed E-state index contributed by atoms with van der Waals surface area (Å²) >= 11 is 0. The third kappa shape index (κ3) is 8.14. The highest BCUT2D eigenvalue weighted by Gasteiger charge is 2.35. The summed E-state index contributed by atoms with van der Waals surface area (Å²) in [6, 6.07) is 30.1. The number of sulfonamides is 1. The zero-order chi connectivity index (χ0) is 31.7. The average Bonchev–Trinajstić information content (AvgIpc) is 3.02. The van der Waals surface area contributed by atoms with Crippen LogP contribution in [0.3, 0.4) is 0 Å². The average molecular weight is 612 g/mol. The number of rotatable bonds is 13. The van der Waals surface area contributed by atoms with Crippen molar-refractivity contribution < 1.29 is 18.0 Å². The third-order valence-electron chi connectivity index (χ3n) is 7.52. The van der Waals surface area contributed by atoms with Crippen molar-refractivity contribution in [2.24, 2.45) is 0 Å². The van der Waals surface area contributed by atoms with Crippen molar-refractivity contribution in [3.63, 3.8) is 0 Å². The van der Waals surface area contributed by atoms with Gasteiger partial charge in [-0.25, -0.2) is 8.42 Å². The molecule has 0 unspecified atom stereocenters. The van der Waals surface area contributed by atoms with Crippen LogP contribution < -0.4 is 9.62 Å². The minimum Gasteiger partial charge on any atom is -0.354 e. The van der Waals surface area contributed by atoms with Crippen LogP contribution >= 0.6 is 0 Å². The highest BCUT2D eigenvalue weighted by atomic mass is 32.2. The van der Waals surface area contributed by atoms with E-state index >= 15 is 0 Å². The van der Waals surface area contributed by atoms with Gasteiger partial charge in [0.1, 0.15) is 12.6 Å². The lowest BCUT2D eigenvalue weighted by molar-refractivity contribution is -0.140. The Hall–Kier alpha value is -4.43. The van der Waals surface area contributed by atoms with Gasteiger partial charge in [-0.3, -0.25) is 13.9 Å². The molecule has 1 atom stereocenters. The van der Waals surface area contributed by atoms with Crippen molar-refractivity contribution in [2.75, 3.05) is 17.4 Å². The highest BCUT2D eigenvalue weighted by Crippen LogP contribution is 2.28. The van der Waals surface area contributed by atoms with Crippen LogP contribution in [0.25, 0.3) is 0 Å². The molecule has 44 heavy (non-hydrogen) atoms. The molecule has 0 radical (unpaired) electrons. The summed E-state index contributed by atoms with van der Waals surface area (Å²) in [6.45, 7) is 7.86. The van der Waals surface area contributed by atoms with Crippen LogP contribution in [0.15, 0.2) is 108 Å². The van der Waals surface area contributed by atoms with E-state index < -0.39 is 28.5 Å². The van der Waals surface area contributed by atoms with E-state index in [0.29, 0.717) is 12.2 Å². The summed E-state index contributed by atoms with van der Waals surface area (Å²) in [5, 5.41) is 2.97. The Morgan fingerprint density at radius 2 is 1.39 bits per heavy atom. The number of carbonyl (C=O) groups excluding carboxylic acids is 2. The van der Waals surface area contributed by atoms with Crippen molar-refractivity contribution in [2.45, 2.75) is 58.0 Å². The predicted molar refractivity (Wildman–Crippen MR) is 176 cm³/mol. The second-order valence-corrected chi connectivity index (χ2v) is 13.0. The Morgan fingerprint density at radius 1 is 0.773 bits per heavy atom. The van der Waals surface area contributed by atoms with Gasteiger partial charge in [0.25, 0.3) is 10.0 Å². The van der Waals surface area contributed by atoms with Crippen LogP contribution in [0.1, 0.15) is 41.2 Å². The molecule has 0 heterocycles. The SMILES string of the molecule is CCCNC(=O)[C@@H](Cc1ccccc1)N(Cc1ccc(C)cc1)C(=O)CN(c1ccc(C)cc1C)S(=O)(=O)c1ccccc1. The third-order valence-corrected chi connectivity index (χ3v) is 9.30. The monoisotopic (exact) mass is 611 g/mol. The van der Waals surface area contributed by atoms with Crippen LogP contribution in [-0.2, 0) is 32.6 Å². The molecular weight excluding hydrogens is 570 g/mol. The molecule has 4 aromatic carbocycles. The number of carbonyl (C=O) groups is 2. The summed E-state index contributed by atoms with van der Waals surface area (Å²) < 4.78 is 29.4. The zero-order valence-corrected chi connectivity index (χ0v) is 26.7. The largest absolute Gasteiger partial charge is 0.354 e. The van der Waals surface area contributed by atoms with Crippen LogP contribution in [0.5, 0.6) is 0 Å². The van der Waals surface area contributed by atoms with Gasteiger partial charge >= 0.3 is 0 Å². The molecular formula is C36H41N3O4S. The molecule has 4 rings (SSSR count). The van der Waals surface area contributed by atoms with Crippen LogP contribution in [0.4, 0.5) is 5.69 Å². The molecule has 0 fully saturated rings. The van der Waals surface area contributed by atoms with Gasteiger partial charge in [-0.05, 0) is 62.1 Å². The molecule has 0 spiro atoms. The van der Waals surface area contributed by atoms with Gasteiger partial charge in [-0.1, -0.05) is 103 Å². The van der Waals surface area contributed by atoms with Crippen molar-refractivity contribution in [3.8, 4) is 0 Å². The first-order valence-electron chi connectivity index (χ1n) is 14.9. The van der Waals surface area contributed by atoms with E-state index in [1.54, 1.807) is 24.3 Å². The first-order chi connectivity index (χ1) is 21.1. The maximum atomic E-state index is 14.5. The first-order valence-corrected chi connectivity index (χ1v) is 16.4. The van der Waals surface area contributed by atoms with Crippen molar-refractivity contribution in [1.82, 2.24) is 10.2 Å². The number of hydrogen-bond donors (Lipinski definition) is 1. The van der Waals surface area contributed by atoms with Crippen LogP contribution in [0, 0.1) is 20.8 Å². The number of anilines is 1. The van der Waals surface area contributed by atoms with Gasteiger partial charge < -0.3 is 10.2 Å². The standard InChI is InChI=1S/C36H41N3O4S/c1-5-22-37-36(41)34(24-30-12-8-6-9-13-30)38(25-31-19-16-27(2)17-20-31)35(40)26-39(33-21-18-28(3)23-29(33)4)44(42,43)32-14-10-7-11-15-32/h6-21,23,34H,5,22,24-26H2,1-4H3,(H,37,41)/t34-/m1/s1. The Labute approximate surface area is 261 Å². The molecule has 0 bridgehead atoms. The molecule has 1 N–H and O–H groups in total. The Morgan fingerprint density at radius 3 is 2.00 bits per heavy atom. The van der Waals surface area contributed by atoms with E-state index in [-0.39, 0.29) is 23.8 Å². The van der Waals surface area contributed by atoms with Gasteiger partial charge in [0.05, 0.1) is 10.6 Å². The maximum absolute atomic E-state index is 14.5. The molecule has 4 aromatic rings. The second-order valence-electron chi connectivity index (χ2n) is 11.1. The summed E-state index contributed by atoms with van der Waals surface area (Å²) in [5.41, 5.74) is 4.93. The molecule has 0 aromatic heterocycles. The molecule has 0 saturated heterocycles. The summed E-state index contributed by atoms with van der Waals surface area (Å²) in [5.74, 6) is -0.752. The van der Waals surface area contributed by atoms with Gasteiger partial charge in [-0.2, -0.15) is 0 Å². The van der Waals surface area contributed by atoms with Crippen LogP contribution in [-0.4, -0.2) is 44.3 Å². The van der Waals surface area contributed by atoms with E-state index in [1.807, 2.05) is 94.4 Å². The number of hydrogen-bond acceptors (Lipinski definition) is 4. The number of nitrogens with zero attached hydrogens (tertiary/aromatic N) is 2. The predicted octanol–water partition coefficient (Wildman–Crippen LogP) is 5.97. The van der Waals surface area contributed by atoms with Gasteiger partial charge in [0.15, 0.2) is 0 Å². The van der Waals surface area contributed by atoms with Crippen LogP contribution in [0.2, 0.25) is 0 Å². The molecule has 7 nitrogen and oxygen atoms in total. The Balaban J connectivity index is 1.81. The van der Waals surface area contributed by atoms with E-state index in [0.717, 1.165) is 34.2 Å². The lowest BCUT2D eigenvalue weighted by Crippen LogP contribution is -2.53. The van der Waals surface area contributed by atoms with E-state index in [1.165, 1.54) is 21.3 Å². The van der Waals surface area contributed by atoms with Crippen molar-refractivity contribution in [1.29, 1.82) is 0 Å². The number of nitrogens with one attached hydrogen (secondary N) is 1. The summed E-state index contributed by atoms with van der Waals surface area (Å²) in [4.78, 5) is 29.8. The fourth-order valence-electron chi connectivity index (χ4n) is 5.13. The van der Waals surface area contributed by atoms with E-state index in [2.05, 4.69) is 5.32 Å². The molecule has 0 aliphatic heterocycles. The Bertz CT molecular complexity index is 1660. The zero-order valence-electron chi connectivity index (χ0n) is 25.9.